The third-order valence-corrected chi connectivity index (χ3v) is 5.26. The van der Waals surface area contributed by atoms with Crippen LogP contribution in [0.4, 0.5) is 32.0 Å². The Balaban J connectivity index is 1.72. The van der Waals surface area contributed by atoms with Gasteiger partial charge in [0.1, 0.15) is 0 Å². The van der Waals surface area contributed by atoms with Crippen molar-refractivity contribution in [2.45, 2.75) is 17.5 Å². The van der Waals surface area contributed by atoms with Gasteiger partial charge in [-0.05, 0) is 36.4 Å². The van der Waals surface area contributed by atoms with E-state index in [1.54, 1.807) is 0 Å². The first-order chi connectivity index (χ1) is 14.4. The van der Waals surface area contributed by atoms with Crippen LogP contribution in [0.25, 0.3) is 5.69 Å². The predicted octanol–water partition coefficient (Wildman–Crippen LogP) is 6.29. The lowest BCUT2D eigenvalue weighted by Crippen LogP contribution is -2.16. The van der Waals surface area contributed by atoms with Crippen molar-refractivity contribution in [1.29, 1.82) is 0 Å². The quantitative estimate of drug-likeness (QED) is 0.345. The van der Waals surface area contributed by atoms with Crippen LogP contribution in [-0.4, -0.2) is 21.2 Å². The molecule has 0 aliphatic carbocycles. The van der Waals surface area contributed by atoms with Crippen molar-refractivity contribution in [2.24, 2.45) is 0 Å². The minimum atomic E-state index is -4.60. The Labute approximate surface area is 181 Å². The number of rotatable bonds is 5. The molecule has 1 amide bonds. The highest BCUT2D eigenvalue weighted by atomic mass is 35.5. The van der Waals surface area contributed by atoms with Gasteiger partial charge in [0.2, 0.25) is 5.91 Å². The van der Waals surface area contributed by atoms with Gasteiger partial charge >= 0.3 is 12.4 Å². The van der Waals surface area contributed by atoms with Gasteiger partial charge in [-0.1, -0.05) is 29.4 Å². The van der Waals surface area contributed by atoms with Crippen molar-refractivity contribution in [3.63, 3.8) is 0 Å². The monoisotopic (exact) mass is 479 g/mol. The Bertz CT molecular complexity index is 1100. The molecule has 0 bridgehead atoms. The molecule has 1 heterocycles. The first-order valence-electron chi connectivity index (χ1n) is 8.45. The van der Waals surface area contributed by atoms with E-state index < -0.39 is 29.4 Å². The number of nitrogens with one attached hydrogen (secondary N) is 1. The van der Waals surface area contributed by atoms with Crippen LogP contribution in [0.2, 0.25) is 5.02 Å². The van der Waals surface area contributed by atoms with Crippen molar-refractivity contribution < 1.29 is 31.1 Å². The van der Waals surface area contributed by atoms with Crippen molar-refractivity contribution in [1.82, 2.24) is 9.55 Å². The van der Waals surface area contributed by atoms with E-state index in [2.05, 4.69) is 10.3 Å². The Kier molecular flexibility index (Phi) is 6.56. The van der Waals surface area contributed by atoms with Gasteiger partial charge in [-0.2, -0.15) is 26.3 Å². The number of thioether (sulfide) groups is 1. The van der Waals surface area contributed by atoms with Crippen molar-refractivity contribution in [3.8, 4) is 5.69 Å². The summed E-state index contributed by atoms with van der Waals surface area (Å²) in [5.74, 6) is -0.924. The maximum Gasteiger partial charge on any atom is 0.416 e. The van der Waals surface area contributed by atoms with Gasteiger partial charge in [0, 0.05) is 18.1 Å². The van der Waals surface area contributed by atoms with Gasteiger partial charge < -0.3 is 5.32 Å². The topological polar surface area (TPSA) is 46.9 Å². The summed E-state index contributed by atoms with van der Waals surface area (Å²) >= 11 is 6.75. The molecule has 0 aliphatic heterocycles. The Morgan fingerprint density at radius 3 is 2.39 bits per heavy atom. The second-order valence-electron chi connectivity index (χ2n) is 6.16. The summed E-state index contributed by atoms with van der Waals surface area (Å²) in [6.45, 7) is 0. The number of anilines is 1. The Morgan fingerprint density at radius 1 is 1.03 bits per heavy atom. The number of hydrogen-bond donors (Lipinski definition) is 1. The Morgan fingerprint density at radius 2 is 1.71 bits per heavy atom. The van der Waals surface area contributed by atoms with Crippen molar-refractivity contribution >= 4 is 35.0 Å². The second kappa shape index (κ2) is 8.83. The third kappa shape index (κ3) is 5.73. The van der Waals surface area contributed by atoms with Crippen LogP contribution >= 0.6 is 23.4 Å². The molecule has 1 N–H and O–H groups in total. The lowest BCUT2D eigenvalue weighted by atomic mass is 10.2. The number of hydrogen-bond acceptors (Lipinski definition) is 3. The number of carbonyl (C=O) groups excluding carboxylic acids is 1. The molecule has 0 atom stereocenters. The van der Waals surface area contributed by atoms with Gasteiger partial charge in [0.15, 0.2) is 5.16 Å². The second-order valence-corrected chi connectivity index (χ2v) is 7.51. The molecule has 0 fully saturated rings. The fourth-order valence-electron chi connectivity index (χ4n) is 2.54. The maximum atomic E-state index is 12.9. The molecule has 12 heteroatoms. The highest BCUT2D eigenvalue weighted by molar-refractivity contribution is 7.99. The van der Waals surface area contributed by atoms with E-state index in [0.29, 0.717) is 6.07 Å². The number of nitrogens with zero attached hydrogens (tertiary/aromatic N) is 2. The minimum Gasteiger partial charge on any atom is -0.324 e. The number of imidazole rings is 1. The van der Waals surface area contributed by atoms with E-state index in [4.69, 9.17) is 11.6 Å². The van der Waals surface area contributed by atoms with Gasteiger partial charge in [0.25, 0.3) is 0 Å². The van der Waals surface area contributed by atoms with Crippen LogP contribution in [0.1, 0.15) is 11.1 Å². The number of halogens is 7. The average molecular weight is 480 g/mol. The van der Waals surface area contributed by atoms with Crippen LogP contribution in [0.5, 0.6) is 0 Å². The first-order valence-corrected chi connectivity index (χ1v) is 9.82. The summed E-state index contributed by atoms with van der Waals surface area (Å²) < 4.78 is 78.7. The minimum absolute atomic E-state index is 0.0724. The average Bonchev–Trinajstić information content (AvgIpc) is 3.15. The van der Waals surface area contributed by atoms with Crippen LogP contribution in [0.3, 0.4) is 0 Å². The van der Waals surface area contributed by atoms with E-state index in [1.807, 2.05) is 0 Å². The van der Waals surface area contributed by atoms with Gasteiger partial charge in [-0.15, -0.1) is 0 Å². The van der Waals surface area contributed by atoms with Crippen LogP contribution in [-0.2, 0) is 17.1 Å². The lowest BCUT2D eigenvalue weighted by Gasteiger charge is -2.12. The number of amides is 1. The standard InChI is InChI=1S/C19H12ClF6N3OS/c20-14-5-4-12(19(24,25)26)9-15(14)28-16(30)10-31-17-27-6-7-29(17)13-3-1-2-11(8-13)18(21,22)23/h1-9H,10H2,(H,28,30). The summed E-state index contributed by atoms with van der Waals surface area (Å²) in [4.78, 5) is 16.2. The summed E-state index contributed by atoms with van der Waals surface area (Å²) in [5, 5.41) is 2.45. The summed E-state index contributed by atoms with van der Waals surface area (Å²) in [7, 11) is 0. The molecule has 4 nitrogen and oxygen atoms in total. The molecule has 3 rings (SSSR count). The van der Waals surface area contributed by atoms with Crippen LogP contribution < -0.4 is 5.32 Å². The van der Waals surface area contributed by atoms with Crippen LogP contribution in [0, 0.1) is 0 Å². The molecule has 1 aromatic heterocycles. The third-order valence-electron chi connectivity index (χ3n) is 3.96. The van der Waals surface area contributed by atoms with E-state index in [0.717, 1.165) is 36.0 Å². The molecular formula is C19H12ClF6N3OS. The maximum absolute atomic E-state index is 12.9. The largest absolute Gasteiger partial charge is 0.416 e. The summed E-state index contributed by atoms with van der Waals surface area (Å²) in [6, 6.07) is 7.09. The first kappa shape index (κ1) is 23.0. The SMILES string of the molecule is O=C(CSc1nccn1-c1cccc(C(F)(F)F)c1)Nc1cc(C(F)(F)F)ccc1Cl. The van der Waals surface area contributed by atoms with Crippen molar-refractivity contribution in [3.05, 3.63) is 71.0 Å². The highest BCUT2D eigenvalue weighted by Crippen LogP contribution is 2.34. The zero-order chi connectivity index (χ0) is 22.8. The number of carbonyl (C=O) groups is 1. The fraction of sp³-hybridized carbons (Fsp3) is 0.158. The fourth-order valence-corrected chi connectivity index (χ4v) is 3.48. The van der Waals surface area contributed by atoms with E-state index in [-0.39, 0.29) is 27.3 Å². The molecular weight excluding hydrogens is 468 g/mol. The highest BCUT2D eigenvalue weighted by Gasteiger charge is 2.31. The number of alkyl halides is 6. The molecule has 0 saturated heterocycles. The van der Waals surface area contributed by atoms with Gasteiger partial charge in [-0.3, -0.25) is 9.36 Å². The van der Waals surface area contributed by atoms with Gasteiger partial charge in [-0.25, -0.2) is 4.98 Å². The van der Waals surface area contributed by atoms with E-state index in [9.17, 15) is 31.1 Å². The molecule has 0 radical (unpaired) electrons. The van der Waals surface area contributed by atoms with Crippen LogP contribution in [0.15, 0.2) is 60.0 Å². The van der Waals surface area contributed by atoms with Gasteiger partial charge in [0.05, 0.1) is 27.6 Å². The Hall–Kier alpha value is -2.66. The number of benzene rings is 2. The van der Waals surface area contributed by atoms with E-state index in [1.165, 1.54) is 29.1 Å². The predicted molar refractivity (Wildman–Crippen MR) is 104 cm³/mol. The normalized spacial score (nSPS) is 12.1. The zero-order valence-electron chi connectivity index (χ0n) is 15.3. The molecule has 164 valence electrons. The van der Waals surface area contributed by atoms with Crippen molar-refractivity contribution in [2.75, 3.05) is 11.1 Å². The zero-order valence-corrected chi connectivity index (χ0v) is 16.8. The number of aromatic nitrogens is 2. The summed E-state index contributed by atoms with van der Waals surface area (Å²) in [6.07, 6.45) is -6.34. The smallest absolute Gasteiger partial charge is 0.324 e. The summed E-state index contributed by atoms with van der Waals surface area (Å²) in [5.41, 5.74) is -1.83. The molecule has 31 heavy (non-hydrogen) atoms. The molecule has 0 saturated carbocycles. The van der Waals surface area contributed by atoms with E-state index >= 15 is 0 Å². The molecule has 0 unspecified atom stereocenters. The molecule has 3 aromatic rings. The molecule has 0 spiro atoms. The lowest BCUT2D eigenvalue weighted by molar-refractivity contribution is -0.138. The molecule has 2 aromatic carbocycles. The molecule has 0 aliphatic rings.